The maximum atomic E-state index is 11.2. The number of carbonyl (C=O) groups excluding carboxylic acids is 1. The van der Waals surface area contributed by atoms with Gasteiger partial charge in [-0.1, -0.05) is 24.3 Å². The lowest BCUT2D eigenvalue weighted by Crippen LogP contribution is -2.15. The third kappa shape index (κ3) is 3.81. The number of rotatable bonds is 6. The molecule has 0 saturated heterocycles. The van der Waals surface area contributed by atoms with Gasteiger partial charge in [0.25, 0.3) is 0 Å². The first-order valence-electron chi connectivity index (χ1n) is 7.65. The van der Waals surface area contributed by atoms with Crippen LogP contribution >= 0.6 is 0 Å². The number of fused-ring (bicyclic) bond motifs is 1. The van der Waals surface area contributed by atoms with Crippen LogP contribution in [0.3, 0.4) is 0 Å². The van der Waals surface area contributed by atoms with Crippen molar-refractivity contribution in [3.8, 4) is 0 Å². The summed E-state index contributed by atoms with van der Waals surface area (Å²) in [7, 11) is 0. The standard InChI is InChI=1S/C19H16N2O3/c22-18(19(23)24)10-16-8-7-13(11-20-16)5-6-14-9-15-3-1-2-4-17(15)21-12-14/h1-4,7-9,11-12H,5-6,10H2,(H,23,24). The first-order chi connectivity index (χ1) is 11.6. The van der Waals surface area contributed by atoms with Crippen molar-refractivity contribution < 1.29 is 14.7 Å². The van der Waals surface area contributed by atoms with Crippen LogP contribution in [0.1, 0.15) is 16.8 Å². The number of hydrogen-bond acceptors (Lipinski definition) is 4. The number of aryl methyl sites for hydroxylation is 2. The summed E-state index contributed by atoms with van der Waals surface area (Å²) in [6.07, 6.45) is 5.05. The Balaban J connectivity index is 1.63. The highest BCUT2D eigenvalue weighted by atomic mass is 16.4. The Morgan fingerprint density at radius 3 is 2.42 bits per heavy atom. The molecule has 0 unspecified atom stereocenters. The molecular formula is C19H16N2O3. The fraction of sp³-hybridized carbons (Fsp3) is 0.158. The average molecular weight is 320 g/mol. The topological polar surface area (TPSA) is 80.1 Å². The number of aromatic nitrogens is 2. The van der Waals surface area contributed by atoms with E-state index in [-0.39, 0.29) is 6.42 Å². The van der Waals surface area contributed by atoms with E-state index in [1.807, 2.05) is 36.5 Å². The molecule has 2 heterocycles. The summed E-state index contributed by atoms with van der Waals surface area (Å²) in [5, 5.41) is 9.72. The zero-order valence-electron chi connectivity index (χ0n) is 13.0. The highest BCUT2D eigenvalue weighted by molar-refractivity contribution is 6.33. The van der Waals surface area contributed by atoms with Crippen LogP contribution < -0.4 is 0 Å². The minimum Gasteiger partial charge on any atom is -0.475 e. The molecule has 0 amide bonds. The van der Waals surface area contributed by atoms with Crippen molar-refractivity contribution in [3.63, 3.8) is 0 Å². The van der Waals surface area contributed by atoms with Gasteiger partial charge in [0.05, 0.1) is 11.9 Å². The van der Waals surface area contributed by atoms with Crippen molar-refractivity contribution in [1.82, 2.24) is 9.97 Å². The molecule has 1 aromatic carbocycles. The average Bonchev–Trinajstić information content (AvgIpc) is 2.61. The molecule has 0 saturated carbocycles. The fourth-order valence-electron chi connectivity index (χ4n) is 2.49. The quantitative estimate of drug-likeness (QED) is 0.706. The van der Waals surface area contributed by atoms with Gasteiger partial charge in [-0.15, -0.1) is 0 Å². The van der Waals surface area contributed by atoms with E-state index in [0.29, 0.717) is 5.69 Å². The number of para-hydroxylation sites is 1. The predicted molar refractivity (Wildman–Crippen MR) is 89.7 cm³/mol. The number of carbonyl (C=O) groups is 2. The number of carboxylic acids is 1. The first-order valence-corrected chi connectivity index (χ1v) is 7.65. The largest absolute Gasteiger partial charge is 0.475 e. The van der Waals surface area contributed by atoms with E-state index in [0.717, 1.165) is 34.9 Å². The van der Waals surface area contributed by atoms with Gasteiger partial charge in [0.15, 0.2) is 0 Å². The monoisotopic (exact) mass is 320 g/mol. The molecule has 5 heteroatoms. The maximum Gasteiger partial charge on any atom is 0.372 e. The summed E-state index contributed by atoms with van der Waals surface area (Å²) in [4.78, 5) is 30.3. The minimum atomic E-state index is -1.43. The Labute approximate surface area is 139 Å². The second-order valence-corrected chi connectivity index (χ2v) is 5.60. The molecule has 3 aromatic rings. The van der Waals surface area contributed by atoms with Crippen molar-refractivity contribution in [2.24, 2.45) is 0 Å². The molecule has 0 atom stereocenters. The smallest absolute Gasteiger partial charge is 0.372 e. The van der Waals surface area contributed by atoms with Crippen molar-refractivity contribution in [1.29, 1.82) is 0 Å². The number of aliphatic carboxylic acids is 1. The normalized spacial score (nSPS) is 10.7. The summed E-state index contributed by atoms with van der Waals surface area (Å²) in [5.74, 6) is -2.28. The Hall–Kier alpha value is -3.08. The summed E-state index contributed by atoms with van der Waals surface area (Å²) in [5.41, 5.74) is 3.64. The zero-order chi connectivity index (χ0) is 16.9. The van der Waals surface area contributed by atoms with E-state index in [2.05, 4.69) is 16.0 Å². The van der Waals surface area contributed by atoms with Crippen molar-refractivity contribution in [2.45, 2.75) is 19.3 Å². The Bertz CT molecular complexity index is 889. The lowest BCUT2D eigenvalue weighted by Gasteiger charge is -2.04. The molecule has 5 nitrogen and oxygen atoms in total. The summed E-state index contributed by atoms with van der Waals surface area (Å²) in [6, 6.07) is 13.7. The van der Waals surface area contributed by atoms with Crippen LogP contribution in [0.4, 0.5) is 0 Å². The molecule has 2 aromatic heterocycles. The number of benzene rings is 1. The minimum absolute atomic E-state index is 0.176. The molecule has 0 bridgehead atoms. The second kappa shape index (κ2) is 7.00. The molecule has 0 aliphatic carbocycles. The molecular weight excluding hydrogens is 304 g/mol. The number of hydrogen-bond donors (Lipinski definition) is 1. The lowest BCUT2D eigenvalue weighted by molar-refractivity contribution is -0.148. The third-order valence-electron chi connectivity index (χ3n) is 3.82. The summed E-state index contributed by atoms with van der Waals surface area (Å²) < 4.78 is 0. The third-order valence-corrected chi connectivity index (χ3v) is 3.82. The number of carboxylic acid groups (broad SMARTS) is 1. The van der Waals surface area contributed by atoms with E-state index in [9.17, 15) is 9.59 Å². The molecule has 0 aliphatic rings. The van der Waals surface area contributed by atoms with Crippen molar-refractivity contribution in [2.75, 3.05) is 0 Å². The van der Waals surface area contributed by atoms with E-state index in [4.69, 9.17) is 5.11 Å². The van der Waals surface area contributed by atoms with Crippen LogP contribution in [-0.4, -0.2) is 26.8 Å². The lowest BCUT2D eigenvalue weighted by atomic mass is 10.0. The van der Waals surface area contributed by atoms with Gasteiger partial charge in [-0.25, -0.2) is 4.79 Å². The molecule has 3 rings (SSSR count). The molecule has 1 N–H and O–H groups in total. The SMILES string of the molecule is O=C(O)C(=O)Cc1ccc(CCc2cnc3ccccc3c2)cn1. The van der Waals surface area contributed by atoms with Gasteiger partial charge in [-0.2, -0.15) is 0 Å². The number of ketones is 1. The summed E-state index contributed by atoms with van der Waals surface area (Å²) in [6.45, 7) is 0. The van der Waals surface area contributed by atoms with Crippen LogP contribution in [0.15, 0.2) is 54.9 Å². The van der Waals surface area contributed by atoms with Crippen LogP contribution in [0.2, 0.25) is 0 Å². The maximum absolute atomic E-state index is 11.2. The Morgan fingerprint density at radius 2 is 1.67 bits per heavy atom. The van der Waals surface area contributed by atoms with Crippen LogP contribution in [0.25, 0.3) is 10.9 Å². The summed E-state index contributed by atoms with van der Waals surface area (Å²) >= 11 is 0. The van der Waals surface area contributed by atoms with Gasteiger partial charge in [0.2, 0.25) is 5.78 Å². The Kier molecular flexibility index (Phi) is 4.61. The molecule has 0 aliphatic heterocycles. The second-order valence-electron chi connectivity index (χ2n) is 5.60. The van der Waals surface area contributed by atoms with Gasteiger partial charge in [0, 0.05) is 23.5 Å². The van der Waals surface area contributed by atoms with Gasteiger partial charge in [-0.3, -0.25) is 14.8 Å². The molecule has 0 radical (unpaired) electrons. The zero-order valence-corrected chi connectivity index (χ0v) is 13.0. The van der Waals surface area contributed by atoms with E-state index < -0.39 is 11.8 Å². The van der Waals surface area contributed by atoms with Crippen LogP contribution in [0.5, 0.6) is 0 Å². The van der Waals surface area contributed by atoms with Gasteiger partial charge in [-0.05, 0) is 42.2 Å². The first kappa shape index (κ1) is 15.8. The van der Waals surface area contributed by atoms with E-state index in [1.54, 1.807) is 12.3 Å². The molecule has 24 heavy (non-hydrogen) atoms. The number of pyridine rings is 2. The Morgan fingerprint density at radius 1 is 0.917 bits per heavy atom. The van der Waals surface area contributed by atoms with E-state index >= 15 is 0 Å². The van der Waals surface area contributed by atoms with Crippen LogP contribution in [0, 0.1) is 0 Å². The van der Waals surface area contributed by atoms with Crippen molar-refractivity contribution in [3.05, 3.63) is 71.7 Å². The highest BCUT2D eigenvalue weighted by Gasteiger charge is 2.12. The van der Waals surface area contributed by atoms with Crippen molar-refractivity contribution >= 4 is 22.7 Å². The predicted octanol–water partition coefficient (Wildman–Crippen LogP) is 2.61. The fourth-order valence-corrected chi connectivity index (χ4v) is 2.49. The van der Waals surface area contributed by atoms with E-state index in [1.165, 1.54) is 0 Å². The number of nitrogens with zero attached hydrogens (tertiary/aromatic N) is 2. The van der Waals surface area contributed by atoms with Crippen LogP contribution in [-0.2, 0) is 28.9 Å². The molecule has 0 fully saturated rings. The van der Waals surface area contributed by atoms with Gasteiger partial charge >= 0.3 is 5.97 Å². The molecule has 120 valence electrons. The number of Topliss-reactive ketones (excluding diaryl/α,β-unsaturated/α-hetero) is 1. The van der Waals surface area contributed by atoms with Gasteiger partial charge < -0.3 is 5.11 Å². The highest BCUT2D eigenvalue weighted by Crippen LogP contribution is 2.14. The van der Waals surface area contributed by atoms with Gasteiger partial charge in [0.1, 0.15) is 0 Å². The molecule has 0 spiro atoms.